The minimum absolute atomic E-state index is 0.148. The Morgan fingerprint density at radius 1 is 1.07 bits per heavy atom. The summed E-state index contributed by atoms with van der Waals surface area (Å²) in [6, 6.07) is 7.90. The fourth-order valence-corrected chi connectivity index (χ4v) is 4.79. The number of hydrogen-bond acceptors (Lipinski definition) is 3. The van der Waals surface area contributed by atoms with Gasteiger partial charge in [0.25, 0.3) is 0 Å². The monoisotopic (exact) mass is 403 g/mol. The molecule has 152 valence electrons. The highest BCUT2D eigenvalue weighted by Crippen LogP contribution is 2.47. The van der Waals surface area contributed by atoms with Crippen molar-refractivity contribution in [3.63, 3.8) is 0 Å². The molecule has 3 aliphatic rings. The highest BCUT2D eigenvalue weighted by Gasteiger charge is 2.43. The summed E-state index contributed by atoms with van der Waals surface area (Å²) in [7, 11) is 1.81. The second-order valence-electron chi connectivity index (χ2n) is 8.27. The number of nitrogens with zero attached hydrogens (tertiary/aromatic N) is 4. The lowest BCUT2D eigenvalue weighted by atomic mass is 9.68. The number of halogens is 1. The number of piperazine rings is 1. The minimum atomic E-state index is 0.148. The van der Waals surface area contributed by atoms with Gasteiger partial charge in [-0.25, -0.2) is 0 Å². The molecule has 28 heavy (non-hydrogen) atoms. The van der Waals surface area contributed by atoms with Crippen LogP contribution in [0.4, 0.5) is 5.69 Å². The smallest absolute Gasteiger partial charge is 0.242 e. The lowest BCUT2D eigenvalue weighted by molar-refractivity contribution is -0.130. The first kappa shape index (κ1) is 19.4. The van der Waals surface area contributed by atoms with Crippen LogP contribution < -0.4 is 10.2 Å². The highest BCUT2D eigenvalue weighted by molar-refractivity contribution is 6.30. The molecular formula is C21H30ClN5O. The third kappa shape index (κ3) is 4.07. The van der Waals surface area contributed by atoms with E-state index >= 15 is 0 Å². The van der Waals surface area contributed by atoms with Crippen LogP contribution in [0.25, 0.3) is 0 Å². The van der Waals surface area contributed by atoms with Gasteiger partial charge in [-0.3, -0.25) is 9.79 Å². The van der Waals surface area contributed by atoms with Crippen molar-refractivity contribution in [1.82, 2.24) is 15.1 Å². The standard InChI is InChI=1S/C21H30ClN5O/c1-23-20(27-10-9-21(16-27)7-2-8-21)24-15-19(28)26-13-11-25(12-14-26)18-5-3-17(22)4-6-18/h3-6H,2,7-16H2,1H3,(H,23,24). The summed E-state index contributed by atoms with van der Waals surface area (Å²) in [4.78, 5) is 23.7. The molecule has 1 aliphatic carbocycles. The summed E-state index contributed by atoms with van der Waals surface area (Å²) < 4.78 is 0. The Labute approximate surface area is 172 Å². The second-order valence-corrected chi connectivity index (χ2v) is 8.71. The van der Waals surface area contributed by atoms with Gasteiger partial charge in [-0.05, 0) is 48.9 Å². The molecule has 1 spiro atoms. The van der Waals surface area contributed by atoms with Crippen molar-refractivity contribution < 1.29 is 4.79 Å². The van der Waals surface area contributed by atoms with Crippen LogP contribution in [0.5, 0.6) is 0 Å². The molecule has 1 saturated carbocycles. The van der Waals surface area contributed by atoms with Crippen LogP contribution in [0.2, 0.25) is 5.02 Å². The lowest BCUT2D eigenvalue weighted by Crippen LogP contribution is -2.52. The van der Waals surface area contributed by atoms with Crippen LogP contribution in [-0.2, 0) is 4.79 Å². The predicted octanol–water partition coefficient (Wildman–Crippen LogP) is 2.44. The predicted molar refractivity (Wildman–Crippen MR) is 114 cm³/mol. The number of rotatable bonds is 3. The summed E-state index contributed by atoms with van der Waals surface area (Å²) in [5, 5.41) is 4.05. The number of nitrogens with one attached hydrogen (secondary N) is 1. The summed E-state index contributed by atoms with van der Waals surface area (Å²) in [6.07, 6.45) is 5.31. The van der Waals surface area contributed by atoms with Gasteiger partial charge in [-0.2, -0.15) is 0 Å². The molecule has 0 unspecified atom stereocenters. The Balaban J connectivity index is 1.23. The fraction of sp³-hybridized carbons (Fsp3) is 0.619. The Morgan fingerprint density at radius 3 is 2.36 bits per heavy atom. The largest absolute Gasteiger partial charge is 0.368 e. The molecule has 0 atom stereocenters. The average molecular weight is 404 g/mol. The molecule has 1 aromatic rings. The summed E-state index contributed by atoms with van der Waals surface area (Å²) >= 11 is 5.97. The van der Waals surface area contributed by atoms with Crippen molar-refractivity contribution in [2.75, 3.05) is 57.8 Å². The number of anilines is 1. The number of benzene rings is 1. The maximum atomic E-state index is 12.7. The van der Waals surface area contributed by atoms with Gasteiger partial charge in [-0.1, -0.05) is 18.0 Å². The van der Waals surface area contributed by atoms with Crippen molar-refractivity contribution in [3.8, 4) is 0 Å². The van der Waals surface area contributed by atoms with Crippen molar-refractivity contribution in [2.24, 2.45) is 10.4 Å². The molecule has 4 rings (SSSR count). The number of aliphatic imine (C=N–C) groups is 1. The van der Waals surface area contributed by atoms with Gasteiger partial charge >= 0.3 is 0 Å². The van der Waals surface area contributed by atoms with Gasteiger partial charge in [0.05, 0.1) is 6.54 Å². The van der Waals surface area contributed by atoms with E-state index in [4.69, 9.17) is 11.6 Å². The molecule has 0 bridgehead atoms. The molecule has 1 N–H and O–H groups in total. The topological polar surface area (TPSA) is 51.2 Å². The maximum Gasteiger partial charge on any atom is 0.242 e. The van der Waals surface area contributed by atoms with Gasteiger partial charge in [0.15, 0.2) is 5.96 Å². The number of hydrogen-bond donors (Lipinski definition) is 1. The first-order chi connectivity index (χ1) is 13.6. The van der Waals surface area contributed by atoms with Crippen LogP contribution in [-0.4, -0.2) is 74.5 Å². The maximum absolute atomic E-state index is 12.7. The highest BCUT2D eigenvalue weighted by atomic mass is 35.5. The molecule has 0 radical (unpaired) electrons. The van der Waals surface area contributed by atoms with Gasteiger partial charge in [-0.15, -0.1) is 0 Å². The van der Waals surface area contributed by atoms with Gasteiger partial charge in [0.2, 0.25) is 5.91 Å². The van der Waals surface area contributed by atoms with E-state index in [9.17, 15) is 4.79 Å². The molecule has 6 nitrogen and oxygen atoms in total. The Kier molecular flexibility index (Phi) is 5.67. The summed E-state index contributed by atoms with van der Waals surface area (Å²) in [5.74, 6) is 1.02. The number of carbonyl (C=O) groups is 1. The second kappa shape index (κ2) is 8.19. The number of likely N-dealkylation sites (tertiary alicyclic amines) is 1. The van der Waals surface area contributed by atoms with Crippen molar-refractivity contribution in [1.29, 1.82) is 0 Å². The molecule has 2 saturated heterocycles. The molecule has 3 fully saturated rings. The first-order valence-electron chi connectivity index (χ1n) is 10.3. The molecule has 0 aromatic heterocycles. The molecule has 1 amide bonds. The van der Waals surface area contributed by atoms with Crippen LogP contribution >= 0.6 is 11.6 Å². The van der Waals surface area contributed by atoms with E-state index in [0.717, 1.165) is 55.9 Å². The van der Waals surface area contributed by atoms with E-state index < -0.39 is 0 Å². The molecule has 1 aromatic carbocycles. The Morgan fingerprint density at radius 2 is 1.79 bits per heavy atom. The zero-order valence-electron chi connectivity index (χ0n) is 16.7. The third-order valence-electron chi connectivity index (χ3n) is 6.59. The van der Waals surface area contributed by atoms with Crippen LogP contribution in [0.15, 0.2) is 29.3 Å². The van der Waals surface area contributed by atoms with Gasteiger partial charge < -0.3 is 20.0 Å². The molecular weight excluding hydrogens is 374 g/mol. The molecule has 2 aliphatic heterocycles. The SMILES string of the molecule is CN=C(NCC(=O)N1CCN(c2ccc(Cl)cc2)CC1)N1CCC2(CCC2)C1. The zero-order chi connectivity index (χ0) is 19.6. The number of carbonyl (C=O) groups excluding carboxylic acids is 1. The van der Waals surface area contributed by atoms with E-state index in [-0.39, 0.29) is 5.91 Å². The third-order valence-corrected chi connectivity index (χ3v) is 6.84. The molecule has 7 heteroatoms. The van der Waals surface area contributed by atoms with E-state index in [1.807, 2.05) is 36.2 Å². The van der Waals surface area contributed by atoms with E-state index in [1.165, 1.54) is 25.7 Å². The summed E-state index contributed by atoms with van der Waals surface area (Å²) in [6.45, 7) is 5.63. The fourth-order valence-electron chi connectivity index (χ4n) is 4.67. The summed E-state index contributed by atoms with van der Waals surface area (Å²) in [5.41, 5.74) is 1.69. The van der Waals surface area contributed by atoms with Crippen LogP contribution in [0.1, 0.15) is 25.7 Å². The zero-order valence-corrected chi connectivity index (χ0v) is 17.4. The Hall–Kier alpha value is -1.95. The average Bonchev–Trinajstić information content (AvgIpc) is 3.15. The van der Waals surface area contributed by atoms with E-state index in [2.05, 4.69) is 20.1 Å². The van der Waals surface area contributed by atoms with E-state index in [0.29, 0.717) is 12.0 Å². The van der Waals surface area contributed by atoms with Crippen molar-refractivity contribution >= 4 is 29.2 Å². The van der Waals surface area contributed by atoms with Gasteiger partial charge in [0, 0.05) is 57.0 Å². The van der Waals surface area contributed by atoms with E-state index in [1.54, 1.807) is 0 Å². The van der Waals surface area contributed by atoms with Crippen LogP contribution in [0.3, 0.4) is 0 Å². The van der Waals surface area contributed by atoms with Crippen LogP contribution in [0, 0.1) is 5.41 Å². The Bertz CT molecular complexity index is 723. The molecule has 2 heterocycles. The number of amides is 1. The number of guanidine groups is 1. The quantitative estimate of drug-likeness (QED) is 0.622. The first-order valence-corrected chi connectivity index (χ1v) is 10.7. The van der Waals surface area contributed by atoms with Crippen molar-refractivity contribution in [2.45, 2.75) is 25.7 Å². The normalized spacial score (nSPS) is 21.8. The minimum Gasteiger partial charge on any atom is -0.368 e. The van der Waals surface area contributed by atoms with Gasteiger partial charge in [0.1, 0.15) is 0 Å². The van der Waals surface area contributed by atoms with Crippen molar-refractivity contribution in [3.05, 3.63) is 29.3 Å². The lowest BCUT2D eigenvalue weighted by Gasteiger charge is -2.38.